The van der Waals surface area contributed by atoms with Crippen LogP contribution < -0.4 is 15.5 Å². The summed E-state index contributed by atoms with van der Waals surface area (Å²) in [6, 6.07) is 1.72. The second-order valence-electron chi connectivity index (χ2n) is 8.71. The molecule has 1 unspecified atom stereocenters. The molecule has 1 fully saturated rings. The van der Waals surface area contributed by atoms with Crippen molar-refractivity contribution in [3.63, 3.8) is 0 Å². The number of halogens is 1. The molecule has 1 amide bonds. The minimum absolute atomic E-state index is 0. The van der Waals surface area contributed by atoms with Crippen LogP contribution in [0.4, 0.5) is 10.7 Å². The van der Waals surface area contributed by atoms with Crippen LogP contribution in [0.3, 0.4) is 0 Å². The lowest BCUT2D eigenvalue weighted by atomic mass is 10.1. The fourth-order valence-corrected chi connectivity index (χ4v) is 3.07. The lowest BCUT2D eigenvalue weighted by Gasteiger charge is -2.36. The molecule has 0 aliphatic carbocycles. The van der Waals surface area contributed by atoms with Crippen LogP contribution in [0, 0.1) is 5.92 Å². The van der Waals surface area contributed by atoms with Gasteiger partial charge in [-0.25, -0.2) is 14.8 Å². The molecular weight excluding hydrogens is 509 g/mol. The number of alkyl carbamates (subject to hydrolysis) is 1. The van der Waals surface area contributed by atoms with E-state index >= 15 is 0 Å². The van der Waals surface area contributed by atoms with Crippen molar-refractivity contribution in [1.29, 1.82) is 0 Å². The van der Waals surface area contributed by atoms with Crippen molar-refractivity contribution in [3.05, 3.63) is 18.5 Å². The van der Waals surface area contributed by atoms with E-state index in [1.807, 2.05) is 26.8 Å². The Hall–Kier alpha value is -1.85. The summed E-state index contributed by atoms with van der Waals surface area (Å²) in [5, 5.41) is 6.34. The minimum Gasteiger partial charge on any atom is -0.444 e. The summed E-state index contributed by atoms with van der Waals surface area (Å²) in [4.78, 5) is 30.1. The van der Waals surface area contributed by atoms with Gasteiger partial charge in [-0.05, 0) is 39.7 Å². The molecule has 2 rings (SSSR count). The Morgan fingerprint density at radius 3 is 2.32 bits per heavy atom. The maximum Gasteiger partial charge on any atom is 0.407 e. The second kappa shape index (κ2) is 12.9. The number of anilines is 1. The molecular formula is C21H38IN7O2. The molecule has 1 aromatic rings. The van der Waals surface area contributed by atoms with Gasteiger partial charge in [0.25, 0.3) is 0 Å². The van der Waals surface area contributed by atoms with Gasteiger partial charge >= 0.3 is 6.09 Å². The van der Waals surface area contributed by atoms with Crippen molar-refractivity contribution in [2.45, 2.75) is 53.2 Å². The third-order valence-corrected chi connectivity index (χ3v) is 4.69. The zero-order valence-corrected chi connectivity index (χ0v) is 21.9. The monoisotopic (exact) mass is 547 g/mol. The Bertz CT molecular complexity index is 687. The van der Waals surface area contributed by atoms with Gasteiger partial charge in [0, 0.05) is 45.1 Å². The highest BCUT2D eigenvalue weighted by atomic mass is 127. The van der Waals surface area contributed by atoms with E-state index in [9.17, 15) is 4.79 Å². The van der Waals surface area contributed by atoms with Crippen molar-refractivity contribution in [1.82, 2.24) is 25.5 Å². The van der Waals surface area contributed by atoms with Crippen molar-refractivity contribution in [2.24, 2.45) is 10.9 Å². The van der Waals surface area contributed by atoms with Gasteiger partial charge in [0.15, 0.2) is 5.96 Å². The van der Waals surface area contributed by atoms with E-state index in [1.165, 1.54) is 0 Å². The van der Waals surface area contributed by atoms with Crippen molar-refractivity contribution in [3.8, 4) is 0 Å². The van der Waals surface area contributed by atoms with Gasteiger partial charge in [-0.3, -0.25) is 4.99 Å². The molecule has 31 heavy (non-hydrogen) atoms. The molecule has 0 saturated carbocycles. The third kappa shape index (κ3) is 9.44. The molecule has 1 aliphatic rings. The van der Waals surface area contributed by atoms with E-state index in [1.54, 1.807) is 12.4 Å². The lowest BCUT2D eigenvalue weighted by Crippen LogP contribution is -2.53. The van der Waals surface area contributed by atoms with Gasteiger partial charge < -0.3 is 25.2 Å². The van der Waals surface area contributed by atoms with Crippen LogP contribution in [0.1, 0.15) is 41.5 Å². The van der Waals surface area contributed by atoms with E-state index in [2.05, 4.69) is 51.2 Å². The molecule has 1 aliphatic heterocycles. The number of aromatic nitrogens is 2. The fraction of sp³-hybridized carbons (Fsp3) is 0.714. The Labute approximate surface area is 203 Å². The van der Waals surface area contributed by atoms with Gasteiger partial charge in [-0.15, -0.1) is 24.0 Å². The quantitative estimate of drug-likeness (QED) is 0.321. The fourth-order valence-electron chi connectivity index (χ4n) is 3.07. The predicted molar refractivity (Wildman–Crippen MR) is 135 cm³/mol. The van der Waals surface area contributed by atoms with Crippen molar-refractivity contribution >= 4 is 42.0 Å². The van der Waals surface area contributed by atoms with E-state index in [4.69, 9.17) is 9.73 Å². The molecule has 9 nitrogen and oxygen atoms in total. The number of aliphatic imine (C=N–C) groups is 1. The first-order chi connectivity index (χ1) is 14.2. The van der Waals surface area contributed by atoms with Crippen LogP contribution in [0.2, 0.25) is 0 Å². The maximum atomic E-state index is 12.2. The number of hydrogen-bond acceptors (Lipinski definition) is 6. The summed E-state index contributed by atoms with van der Waals surface area (Å²) in [7, 11) is 0. The normalized spacial score (nSPS) is 15.9. The van der Waals surface area contributed by atoms with Crippen molar-refractivity contribution < 1.29 is 9.53 Å². The molecule has 1 atom stereocenters. The summed E-state index contributed by atoms with van der Waals surface area (Å²) < 4.78 is 5.40. The lowest BCUT2D eigenvalue weighted by molar-refractivity contribution is 0.0493. The SMILES string of the molecule is CCNC(=NCC(NC(=O)OC(C)(C)C)C(C)C)N1CCN(c2ncccn2)CC1.I. The van der Waals surface area contributed by atoms with E-state index < -0.39 is 11.7 Å². The first kappa shape index (κ1) is 27.2. The Balaban J connectivity index is 0.00000480. The molecule has 1 saturated heterocycles. The largest absolute Gasteiger partial charge is 0.444 e. The van der Waals surface area contributed by atoms with Crippen LogP contribution in [0.25, 0.3) is 0 Å². The zero-order valence-electron chi connectivity index (χ0n) is 19.6. The third-order valence-electron chi connectivity index (χ3n) is 4.69. The van der Waals surface area contributed by atoms with Crippen LogP contribution in [-0.4, -0.2) is 77.8 Å². The second-order valence-corrected chi connectivity index (χ2v) is 8.71. The van der Waals surface area contributed by atoms with Gasteiger partial charge in [-0.1, -0.05) is 13.8 Å². The molecule has 2 N–H and O–H groups in total. The molecule has 0 bridgehead atoms. The number of piperazine rings is 1. The molecule has 176 valence electrons. The molecule has 0 radical (unpaired) electrons. The Morgan fingerprint density at radius 1 is 1.19 bits per heavy atom. The number of hydrogen-bond donors (Lipinski definition) is 2. The van der Waals surface area contributed by atoms with Gasteiger partial charge in [0.2, 0.25) is 5.95 Å². The van der Waals surface area contributed by atoms with E-state index in [0.29, 0.717) is 6.54 Å². The number of amides is 1. The van der Waals surface area contributed by atoms with Gasteiger partial charge in [0.05, 0.1) is 12.6 Å². The number of nitrogens with zero attached hydrogens (tertiary/aromatic N) is 5. The van der Waals surface area contributed by atoms with Crippen LogP contribution in [0.15, 0.2) is 23.5 Å². The molecule has 10 heteroatoms. The highest BCUT2D eigenvalue weighted by Gasteiger charge is 2.24. The molecule has 2 heterocycles. The summed E-state index contributed by atoms with van der Waals surface area (Å²) in [5.74, 6) is 1.86. The van der Waals surface area contributed by atoms with Crippen LogP contribution >= 0.6 is 24.0 Å². The highest BCUT2D eigenvalue weighted by molar-refractivity contribution is 14.0. The number of carbonyl (C=O) groups excluding carboxylic acids is 1. The average Bonchev–Trinajstić information content (AvgIpc) is 2.69. The smallest absolute Gasteiger partial charge is 0.407 e. The summed E-state index contributed by atoms with van der Waals surface area (Å²) >= 11 is 0. The number of guanidine groups is 1. The predicted octanol–water partition coefficient (Wildman–Crippen LogP) is 2.73. The number of carbonyl (C=O) groups is 1. The molecule has 1 aromatic heterocycles. The van der Waals surface area contributed by atoms with Crippen LogP contribution in [0.5, 0.6) is 0 Å². The van der Waals surface area contributed by atoms with Gasteiger partial charge in [0.1, 0.15) is 5.60 Å². The summed E-state index contributed by atoms with van der Waals surface area (Å²) in [6.45, 7) is 16.4. The van der Waals surface area contributed by atoms with E-state index in [-0.39, 0.29) is 35.9 Å². The maximum absolute atomic E-state index is 12.2. The van der Waals surface area contributed by atoms with Crippen molar-refractivity contribution in [2.75, 3.05) is 44.2 Å². The Morgan fingerprint density at radius 2 is 1.81 bits per heavy atom. The number of ether oxygens (including phenoxy) is 1. The minimum atomic E-state index is -0.522. The first-order valence-corrected chi connectivity index (χ1v) is 10.7. The summed E-state index contributed by atoms with van der Waals surface area (Å²) in [5.41, 5.74) is -0.522. The number of nitrogens with one attached hydrogen (secondary N) is 2. The van der Waals surface area contributed by atoms with E-state index in [0.717, 1.165) is 44.6 Å². The number of rotatable bonds is 6. The summed E-state index contributed by atoms with van der Waals surface area (Å²) in [6.07, 6.45) is 3.13. The zero-order chi connectivity index (χ0) is 22.1. The highest BCUT2D eigenvalue weighted by Crippen LogP contribution is 2.11. The first-order valence-electron chi connectivity index (χ1n) is 10.7. The Kier molecular flexibility index (Phi) is 11.3. The average molecular weight is 547 g/mol. The van der Waals surface area contributed by atoms with Crippen LogP contribution in [-0.2, 0) is 4.74 Å². The topological polar surface area (TPSA) is 95.0 Å². The molecule has 0 aromatic carbocycles. The standard InChI is InChI=1S/C21H37N7O2.HI/c1-7-22-18(25-15-17(16(2)3)26-20(29)30-21(4,5)6)27-11-13-28(14-12-27)19-23-9-8-10-24-19;/h8-10,16-17H,7,11-15H2,1-6H3,(H,22,25)(H,26,29);1H. The van der Waals surface area contributed by atoms with Gasteiger partial charge in [-0.2, -0.15) is 0 Å². The molecule has 0 spiro atoms.